The molecule has 2 atom stereocenters. The number of nitrogens with two attached hydrogens (primary N) is 1. The van der Waals surface area contributed by atoms with Gasteiger partial charge in [-0.05, 0) is 38.5 Å². The van der Waals surface area contributed by atoms with Crippen LogP contribution in [0.15, 0.2) is 24.3 Å². The first-order valence-corrected chi connectivity index (χ1v) is 7.66. The summed E-state index contributed by atoms with van der Waals surface area (Å²) in [7, 11) is 2.02. The molecule has 0 heterocycles. The van der Waals surface area contributed by atoms with Crippen molar-refractivity contribution in [3.8, 4) is 0 Å². The normalized spacial score (nSPS) is 14.8. The van der Waals surface area contributed by atoms with Gasteiger partial charge in [0.05, 0.1) is 0 Å². The Morgan fingerprint density at radius 1 is 1.39 bits per heavy atom. The Morgan fingerprint density at radius 2 is 2.06 bits per heavy atom. The van der Waals surface area contributed by atoms with Crippen LogP contribution in [0.25, 0.3) is 0 Å². The molecule has 4 heteroatoms. The van der Waals surface area contributed by atoms with Gasteiger partial charge in [0.25, 0.3) is 0 Å². The van der Waals surface area contributed by atoms with Gasteiger partial charge in [-0.2, -0.15) is 11.8 Å². The quantitative estimate of drug-likeness (QED) is 0.826. The molecule has 0 bridgehead atoms. The van der Waals surface area contributed by atoms with E-state index >= 15 is 0 Å². The molecule has 2 N–H and O–H groups in total. The van der Waals surface area contributed by atoms with E-state index < -0.39 is 0 Å². The van der Waals surface area contributed by atoms with Crippen molar-refractivity contribution in [2.75, 3.05) is 25.6 Å². The first-order chi connectivity index (χ1) is 8.61. The average molecular weight is 270 g/mol. The number of benzene rings is 1. The predicted octanol–water partition coefficient (Wildman–Crippen LogP) is 2.90. The van der Waals surface area contributed by atoms with Crippen LogP contribution < -0.4 is 5.73 Å². The molecule has 102 valence electrons. The van der Waals surface area contributed by atoms with E-state index in [0.717, 1.165) is 17.7 Å². The minimum absolute atomic E-state index is 0.0432. The van der Waals surface area contributed by atoms with Gasteiger partial charge in [-0.1, -0.05) is 18.2 Å². The van der Waals surface area contributed by atoms with Gasteiger partial charge in [-0.25, -0.2) is 4.39 Å². The minimum Gasteiger partial charge on any atom is -0.329 e. The third kappa shape index (κ3) is 3.97. The molecule has 0 amide bonds. The third-order valence-electron chi connectivity index (χ3n) is 3.47. The zero-order chi connectivity index (χ0) is 13.5. The Kier molecular flexibility index (Phi) is 6.68. The molecular formula is C14H23FN2S. The van der Waals surface area contributed by atoms with Crippen LogP contribution in [0.5, 0.6) is 0 Å². The highest BCUT2D eigenvalue weighted by Gasteiger charge is 2.21. The molecule has 1 rings (SSSR count). The average Bonchev–Trinajstić information content (AvgIpc) is 2.39. The lowest BCUT2D eigenvalue weighted by Gasteiger charge is -2.32. The van der Waals surface area contributed by atoms with E-state index in [1.165, 1.54) is 6.07 Å². The molecule has 0 fully saturated rings. The summed E-state index contributed by atoms with van der Waals surface area (Å²) in [5, 5.41) is 0. The zero-order valence-corrected chi connectivity index (χ0v) is 12.2. The maximum Gasteiger partial charge on any atom is 0.127 e. The van der Waals surface area contributed by atoms with Crippen molar-refractivity contribution in [2.24, 2.45) is 5.73 Å². The van der Waals surface area contributed by atoms with Crippen LogP contribution in [0.1, 0.15) is 24.9 Å². The standard InChI is InChI=1S/C14H23FN2S/c1-11(13-6-4-5-7-14(13)15)17(2)12(10-16)8-9-18-3/h4-7,11-12H,8-10,16H2,1-3H3. The topological polar surface area (TPSA) is 29.3 Å². The molecule has 1 aromatic rings. The van der Waals surface area contributed by atoms with E-state index in [4.69, 9.17) is 5.73 Å². The maximum atomic E-state index is 13.8. The Balaban J connectivity index is 2.75. The Hall–Kier alpha value is -0.580. The van der Waals surface area contributed by atoms with Crippen LogP contribution in [-0.2, 0) is 0 Å². The fourth-order valence-electron chi connectivity index (χ4n) is 2.09. The number of hydrogen-bond acceptors (Lipinski definition) is 3. The van der Waals surface area contributed by atoms with Crippen molar-refractivity contribution in [2.45, 2.75) is 25.4 Å². The Morgan fingerprint density at radius 3 is 2.61 bits per heavy atom. The summed E-state index contributed by atoms with van der Waals surface area (Å²) in [4.78, 5) is 2.18. The lowest BCUT2D eigenvalue weighted by molar-refractivity contribution is 0.182. The summed E-state index contributed by atoms with van der Waals surface area (Å²) >= 11 is 1.82. The van der Waals surface area contributed by atoms with Gasteiger partial charge in [0.2, 0.25) is 0 Å². The number of hydrogen-bond donors (Lipinski definition) is 1. The Labute approximate surface area is 114 Å². The fourth-order valence-corrected chi connectivity index (χ4v) is 2.60. The molecule has 0 radical (unpaired) electrons. The molecule has 0 aliphatic heterocycles. The summed E-state index contributed by atoms with van der Waals surface area (Å²) in [6, 6.07) is 7.30. The molecule has 2 nitrogen and oxygen atoms in total. The summed E-state index contributed by atoms with van der Waals surface area (Å²) in [5.74, 6) is 0.938. The molecule has 18 heavy (non-hydrogen) atoms. The second kappa shape index (κ2) is 7.77. The van der Waals surface area contributed by atoms with Gasteiger partial charge in [-0.15, -0.1) is 0 Å². The largest absolute Gasteiger partial charge is 0.329 e. The highest BCUT2D eigenvalue weighted by molar-refractivity contribution is 7.98. The Bertz CT molecular complexity index is 359. The monoisotopic (exact) mass is 270 g/mol. The van der Waals surface area contributed by atoms with E-state index in [-0.39, 0.29) is 11.9 Å². The second-order valence-corrected chi connectivity index (χ2v) is 5.52. The number of likely N-dealkylation sites (N-methyl/N-ethyl adjacent to an activating group) is 1. The van der Waals surface area contributed by atoms with Gasteiger partial charge >= 0.3 is 0 Å². The van der Waals surface area contributed by atoms with E-state index in [1.807, 2.05) is 37.9 Å². The van der Waals surface area contributed by atoms with Gasteiger partial charge < -0.3 is 5.73 Å². The van der Waals surface area contributed by atoms with E-state index in [2.05, 4.69) is 11.2 Å². The molecule has 2 unspecified atom stereocenters. The molecule has 1 aromatic carbocycles. The second-order valence-electron chi connectivity index (χ2n) is 4.53. The van der Waals surface area contributed by atoms with E-state index in [9.17, 15) is 4.39 Å². The lowest BCUT2D eigenvalue weighted by Crippen LogP contribution is -2.40. The van der Waals surface area contributed by atoms with Crippen LogP contribution in [0.3, 0.4) is 0 Å². The van der Waals surface area contributed by atoms with Gasteiger partial charge in [0.15, 0.2) is 0 Å². The number of halogens is 1. The summed E-state index contributed by atoms with van der Waals surface area (Å²) in [6.07, 6.45) is 3.13. The highest BCUT2D eigenvalue weighted by Crippen LogP contribution is 2.24. The van der Waals surface area contributed by atoms with Crippen LogP contribution in [-0.4, -0.2) is 36.5 Å². The van der Waals surface area contributed by atoms with Crippen LogP contribution in [0.2, 0.25) is 0 Å². The summed E-state index contributed by atoms with van der Waals surface area (Å²) in [6.45, 7) is 2.63. The lowest BCUT2D eigenvalue weighted by atomic mass is 10.0. The number of rotatable bonds is 7. The molecule has 0 saturated carbocycles. The van der Waals surface area contributed by atoms with Gasteiger partial charge in [0, 0.05) is 24.2 Å². The van der Waals surface area contributed by atoms with E-state index in [0.29, 0.717) is 12.6 Å². The molecule has 0 spiro atoms. The highest BCUT2D eigenvalue weighted by atomic mass is 32.2. The van der Waals surface area contributed by atoms with Crippen molar-refractivity contribution in [3.63, 3.8) is 0 Å². The molecule has 0 aliphatic rings. The van der Waals surface area contributed by atoms with Crippen LogP contribution in [0, 0.1) is 5.82 Å². The summed E-state index contributed by atoms with van der Waals surface area (Å²) < 4.78 is 13.8. The van der Waals surface area contributed by atoms with E-state index in [1.54, 1.807) is 6.07 Å². The van der Waals surface area contributed by atoms with Crippen molar-refractivity contribution in [1.82, 2.24) is 4.90 Å². The molecule has 0 saturated heterocycles. The van der Waals surface area contributed by atoms with Crippen LogP contribution in [0.4, 0.5) is 4.39 Å². The van der Waals surface area contributed by atoms with Crippen LogP contribution >= 0.6 is 11.8 Å². The molecule has 0 aliphatic carbocycles. The third-order valence-corrected chi connectivity index (χ3v) is 4.11. The fraction of sp³-hybridized carbons (Fsp3) is 0.571. The smallest absolute Gasteiger partial charge is 0.127 e. The van der Waals surface area contributed by atoms with Gasteiger partial charge in [-0.3, -0.25) is 4.90 Å². The first-order valence-electron chi connectivity index (χ1n) is 6.27. The predicted molar refractivity (Wildman–Crippen MR) is 78.4 cm³/mol. The van der Waals surface area contributed by atoms with Crippen molar-refractivity contribution < 1.29 is 4.39 Å². The minimum atomic E-state index is -0.141. The maximum absolute atomic E-state index is 13.8. The SMILES string of the molecule is CSCCC(CN)N(C)C(C)c1ccccc1F. The van der Waals surface area contributed by atoms with Crippen molar-refractivity contribution in [1.29, 1.82) is 0 Å². The van der Waals surface area contributed by atoms with Crippen molar-refractivity contribution >= 4 is 11.8 Å². The van der Waals surface area contributed by atoms with Crippen molar-refractivity contribution in [3.05, 3.63) is 35.6 Å². The number of thioether (sulfide) groups is 1. The summed E-state index contributed by atoms with van der Waals surface area (Å²) in [5.41, 5.74) is 6.56. The van der Waals surface area contributed by atoms with Gasteiger partial charge in [0.1, 0.15) is 5.82 Å². The zero-order valence-electron chi connectivity index (χ0n) is 11.4. The first kappa shape index (κ1) is 15.5. The number of nitrogens with zero attached hydrogens (tertiary/aromatic N) is 1. The molecule has 0 aromatic heterocycles. The molecular weight excluding hydrogens is 247 g/mol.